The molecule has 1 amide bonds. The molecule has 10 heteroatoms. The highest BCUT2D eigenvalue weighted by Crippen LogP contribution is 2.32. The van der Waals surface area contributed by atoms with Crippen LogP contribution in [0.25, 0.3) is 21.8 Å². The number of amides is 1. The Morgan fingerprint density at radius 1 is 1.06 bits per heavy atom. The molecule has 10 nitrogen and oxygen atoms in total. The smallest absolute Gasteiger partial charge is 0.259 e. The molecule has 0 spiro atoms. The molecule has 1 aliphatic rings. The predicted octanol–water partition coefficient (Wildman–Crippen LogP) is 2.97. The van der Waals surface area contributed by atoms with Gasteiger partial charge < -0.3 is 25.0 Å². The van der Waals surface area contributed by atoms with Gasteiger partial charge in [0.15, 0.2) is 5.52 Å². The molecule has 35 heavy (non-hydrogen) atoms. The van der Waals surface area contributed by atoms with Crippen molar-refractivity contribution in [2.45, 2.75) is 25.9 Å². The summed E-state index contributed by atoms with van der Waals surface area (Å²) in [4.78, 5) is 24.9. The third kappa shape index (κ3) is 4.32. The number of methoxy groups -OCH3 is 2. The number of pyridine rings is 2. The molecule has 0 aliphatic carbocycles. The van der Waals surface area contributed by atoms with E-state index in [-0.39, 0.29) is 5.91 Å². The maximum Gasteiger partial charge on any atom is 0.259 e. The topological polar surface area (TPSA) is 106 Å². The van der Waals surface area contributed by atoms with Crippen LogP contribution in [-0.2, 0) is 7.05 Å². The number of fused-ring (bicyclic) bond motifs is 2. The molecule has 1 saturated heterocycles. The lowest BCUT2D eigenvalue weighted by molar-refractivity contribution is 0.102. The van der Waals surface area contributed by atoms with Crippen LogP contribution < -0.4 is 25.0 Å². The van der Waals surface area contributed by atoms with Gasteiger partial charge in [-0.15, -0.1) is 0 Å². The standard InChI is InChI=1S/C25H29N7O3/c1-14-11-32(12-15(2)26-14)19-8-6-18(23-17(19)7-9-21(29-23)34-4)24(33)27-20-10-16-13-31(3)30-22(16)25(28-20)35-5/h6-10,13-15,26H,11-12H2,1-5H3,(H,27,33). The van der Waals surface area contributed by atoms with Crippen molar-refractivity contribution in [3.05, 3.63) is 42.1 Å². The third-order valence-corrected chi connectivity index (χ3v) is 6.17. The monoisotopic (exact) mass is 475 g/mol. The molecule has 2 unspecified atom stereocenters. The summed E-state index contributed by atoms with van der Waals surface area (Å²) in [5.41, 5.74) is 2.69. The van der Waals surface area contributed by atoms with Gasteiger partial charge in [-0.05, 0) is 38.1 Å². The molecule has 2 N–H and O–H groups in total. The van der Waals surface area contributed by atoms with E-state index in [1.807, 2.05) is 37.5 Å². The van der Waals surface area contributed by atoms with Gasteiger partial charge in [0, 0.05) is 60.9 Å². The Balaban J connectivity index is 1.55. The lowest BCUT2D eigenvalue weighted by atomic mass is 10.0. The number of aromatic nitrogens is 4. The molecule has 5 rings (SSSR count). The Hall–Kier alpha value is -3.92. The third-order valence-electron chi connectivity index (χ3n) is 6.17. The van der Waals surface area contributed by atoms with Gasteiger partial charge >= 0.3 is 0 Å². The predicted molar refractivity (Wildman–Crippen MR) is 136 cm³/mol. The highest BCUT2D eigenvalue weighted by molar-refractivity contribution is 6.14. The van der Waals surface area contributed by atoms with E-state index in [1.165, 1.54) is 7.11 Å². The lowest BCUT2D eigenvalue weighted by Gasteiger charge is -2.38. The number of rotatable bonds is 5. The first-order chi connectivity index (χ1) is 16.9. The highest BCUT2D eigenvalue weighted by Gasteiger charge is 2.24. The van der Waals surface area contributed by atoms with Crippen molar-refractivity contribution < 1.29 is 14.3 Å². The fourth-order valence-electron chi connectivity index (χ4n) is 4.79. The van der Waals surface area contributed by atoms with Gasteiger partial charge in [-0.2, -0.15) is 10.1 Å². The summed E-state index contributed by atoms with van der Waals surface area (Å²) in [6, 6.07) is 10.1. The summed E-state index contributed by atoms with van der Waals surface area (Å²) in [5.74, 6) is 0.849. The maximum atomic E-state index is 13.4. The number of hydrogen-bond acceptors (Lipinski definition) is 8. The second kappa shape index (κ2) is 9.03. The Labute approximate surface area is 203 Å². The van der Waals surface area contributed by atoms with Crippen molar-refractivity contribution >= 4 is 39.2 Å². The van der Waals surface area contributed by atoms with Crippen LogP contribution in [0, 0.1) is 0 Å². The molecule has 0 bridgehead atoms. The summed E-state index contributed by atoms with van der Waals surface area (Å²) >= 11 is 0. The van der Waals surface area contributed by atoms with Gasteiger partial charge in [0.25, 0.3) is 5.91 Å². The first-order valence-electron chi connectivity index (χ1n) is 11.5. The van der Waals surface area contributed by atoms with Gasteiger partial charge in [-0.25, -0.2) is 4.98 Å². The van der Waals surface area contributed by atoms with E-state index in [4.69, 9.17) is 9.47 Å². The van der Waals surface area contributed by atoms with Crippen LogP contribution >= 0.6 is 0 Å². The summed E-state index contributed by atoms with van der Waals surface area (Å²) in [5, 5.41) is 12.5. The average molecular weight is 476 g/mol. The van der Waals surface area contributed by atoms with E-state index >= 15 is 0 Å². The molecule has 182 valence electrons. The van der Waals surface area contributed by atoms with Gasteiger partial charge in [0.1, 0.15) is 5.82 Å². The summed E-state index contributed by atoms with van der Waals surface area (Å²) in [6.07, 6.45) is 1.85. The number of aryl methyl sites for hydroxylation is 1. The SMILES string of the molecule is COc1ccc2c(N3CC(C)NC(C)C3)ccc(C(=O)Nc3cc4cn(C)nc4c(OC)n3)c2n1. The fraction of sp³-hybridized carbons (Fsp3) is 0.360. The molecule has 4 aromatic rings. The van der Waals surface area contributed by atoms with Crippen LogP contribution in [0.4, 0.5) is 11.5 Å². The number of hydrogen-bond donors (Lipinski definition) is 2. The summed E-state index contributed by atoms with van der Waals surface area (Å²) in [7, 11) is 4.92. The zero-order chi connectivity index (χ0) is 24.7. The van der Waals surface area contributed by atoms with Crippen molar-refractivity contribution in [3.8, 4) is 11.8 Å². The molecular weight excluding hydrogens is 446 g/mol. The first kappa shape index (κ1) is 22.9. The van der Waals surface area contributed by atoms with Crippen LogP contribution in [-0.4, -0.2) is 65.0 Å². The molecule has 2 atom stereocenters. The molecule has 1 aliphatic heterocycles. The van der Waals surface area contributed by atoms with Crippen LogP contribution in [0.2, 0.25) is 0 Å². The Morgan fingerprint density at radius 3 is 2.54 bits per heavy atom. The molecular formula is C25H29N7O3. The van der Waals surface area contributed by atoms with E-state index < -0.39 is 0 Å². The zero-order valence-corrected chi connectivity index (χ0v) is 20.5. The van der Waals surface area contributed by atoms with E-state index in [0.717, 1.165) is 29.5 Å². The van der Waals surface area contributed by atoms with Crippen LogP contribution in [0.3, 0.4) is 0 Å². The molecule has 1 fully saturated rings. The highest BCUT2D eigenvalue weighted by atomic mass is 16.5. The zero-order valence-electron chi connectivity index (χ0n) is 20.5. The van der Waals surface area contributed by atoms with Crippen molar-refractivity contribution in [1.82, 2.24) is 25.1 Å². The molecule has 0 saturated carbocycles. The van der Waals surface area contributed by atoms with Gasteiger partial charge in [0.2, 0.25) is 11.8 Å². The number of carbonyl (C=O) groups is 1. The minimum absolute atomic E-state index is 0.317. The second-order valence-electron chi connectivity index (χ2n) is 8.97. The maximum absolute atomic E-state index is 13.4. The van der Waals surface area contributed by atoms with Crippen molar-refractivity contribution in [3.63, 3.8) is 0 Å². The van der Waals surface area contributed by atoms with E-state index in [2.05, 4.69) is 44.4 Å². The summed E-state index contributed by atoms with van der Waals surface area (Å²) < 4.78 is 12.4. The van der Waals surface area contributed by atoms with Gasteiger partial charge in [-0.3, -0.25) is 9.48 Å². The van der Waals surface area contributed by atoms with E-state index in [1.54, 1.807) is 17.9 Å². The molecule has 3 aromatic heterocycles. The number of piperazine rings is 1. The van der Waals surface area contributed by atoms with Crippen molar-refractivity contribution in [2.75, 3.05) is 37.5 Å². The van der Waals surface area contributed by atoms with E-state index in [9.17, 15) is 4.79 Å². The average Bonchev–Trinajstić information content (AvgIpc) is 3.21. The minimum Gasteiger partial charge on any atom is -0.481 e. The molecule has 4 heterocycles. The van der Waals surface area contributed by atoms with Crippen molar-refractivity contribution in [1.29, 1.82) is 0 Å². The van der Waals surface area contributed by atoms with Crippen molar-refractivity contribution in [2.24, 2.45) is 7.05 Å². The minimum atomic E-state index is -0.317. The lowest BCUT2D eigenvalue weighted by Crippen LogP contribution is -2.54. The Bertz CT molecular complexity index is 1410. The molecule has 1 aromatic carbocycles. The number of anilines is 2. The first-order valence-corrected chi connectivity index (χ1v) is 11.5. The van der Waals surface area contributed by atoms with Crippen LogP contribution in [0.15, 0.2) is 36.5 Å². The Kier molecular flexibility index (Phi) is 5.89. The van der Waals surface area contributed by atoms with Crippen LogP contribution in [0.5, 0.6) is 11.8 Å². The van der Waals surface area contributed by atoms with Gasteiger partial charge in [0.05, 0.1) is 25.3 Å². The number of nitrogens with zero attached hydrogens (tertiary/aromatic N) is 5. The Morgan fingerprint density at radius 2 is 1.83 bits per heavy atom. The van der Waals surface area contributed by atoms with E-state index in [0.29, 0.717) is 46.3 Å². The number of carbonyl (C=O) groups excluding carboxylic acids is 1. The largest absolute Gasteiger partial charge is 0.481 e. The number of ether oxygens (including phenoxy) is 2. The normalized spacial score (nSPS) is 18.1. The quantitative estimate of drug-likeness (QED) is 0.454. The second-order valence-corrected chi connectivity index (χ2v) is 8.97. The molecule has 0 radical (unpaired) electrons. The van der Waals surface area contributed by atoms with Crippen LogP contribution in [0.1, 0.15) is 24.2 Å². The number of nitrogens with one attached hydrogen (secondary N) is 2. The fourth-order valence-corrected chi connectivity index (χ4v) is 4.79. The van der Waals surface area contributed by atoms with Gasteiger partial charge in [-0.1, -0.05) is 0 Å². The number of benzene rings is 1. The summed E-state index contributed by atoms with van der Waals surface area (Å²) in [6.45, 7) is 6.08.